The van der Waals surface area contributed by atoms with Crippen molar-refractivity contribution >= 4 is 0 Å². The van der Waals surface area contributed by atoms with Gasteiger partial charge in [0.15, 0.2) is 0 Å². The van der Waals surface area contributed by atoms with Crippen LogP contribution in [0.5, 0.6) is 5.75 Å². The average molecular weight is 388 g/mol. The van der Waals surface area contributed by atoms with Crippen molar-refractivity contribution in [3.05, 3.63) is 54.1 Å². The molecular weight excluding hydrogens is 379 g/mol. The van der Waals surface area contributed by atoms with Gasteiger partial charge in [0.05, 0.1) is 0 Å². The first-order valence-corrected chi connectivity index (χ1v) is 6.82. The van der Waals surface area contributed by atoms with Crippen LogP contribution in [0.1, 0.15) is 5.56 Å². The fourth-order valence-corrected chi connectivity index (χ4v) is 2.08. The Morgan fingerprint density at radius 1 is 0.538 bits per heavy atom. The molecule has 0 saturated carbocycles. The van der Waals surface area contributed by atoms with Gasteiger partial charge < -0.3 is 5.11 Å². The third kappa shape index (κ3) is 3.08. The molecule has 1 N–H and O–H groups in total. The van der Waals surface area contributed by atoms with Gasteiger partial charge in [-0.1, -0.05) is 36.4 Å². The molecule has 0 unspecified atom stereocenters. The Labute approximate surface area is 140 Å². The first-order valence-electron chi connectivity index (χ1n) is 6.82. The molecule has 1 nitrogen and oxygen atoms in total. The number of rotatable bonds is 4. The lowest BCUT2D eigenvalue weighted by atomic mass is 9.95. The van der Waals surface area contributed by atoms with Crippen LogP contribution in [0, 0.1) is 0 Å². The smallest absolute Gasteiger partial charge is 0.460 e. The molecule has 2 aromatic carbocycles. The summed E-state index contributed by atoms with van der Waals surface area (Å²) in [6, 6.07) is 7.59. The molecule has 0 aliphatic carbocycles. The first kappa shape index (κ1) is 19.9. The Bertz CT molecular complexity index is 762. The zero-order valence-corrected chi connectivity index (χ0v) is 12.5. The van der Waals surface area contributed by atoms with Gasteiger partial charge >= 0.3 is 23.9 Å². The average Bonchev–Trinajstić information content (AvgIpc) is 2.54. The van der Waals surface area contributed by atoms with E-state index in [0.29, 0.717) is 17.7 Å². The van der Waals surface area contributed by atoms with Gasteiger partial charge in [-0.3, -0.25) is 0 Å². The van der Waals surface area contributed by atoms with Crippen molar-refractivity contribution < 1.29 is 44.6 Å². The van der Waals surface area contributed by atoms with E-state index in [4.69, 9.17) is 5.11 Å². The molecule has 0 radical (unpaired) electrons. The predicted octanol–water partition coefficient (Wildman–Crippen LogP) is 5.98. The summed E-state index contributed by atoms with van der Waals surface area (Å²) in [5, 5.41) is 9.14. The van der Waals surface area contributed by atoms with E-state index in [2.05, 4.69) is 0 Å². The molecule has 2 aromatic rings. The lowest BCUT2D eigenvalue weighted by Crippen LogP contribution is -2.59. The van der Waals surface area contributed by atoms with Gasteiger partial charge in [0, 0.05) is 5.56 Å². The van der Waals surface area contributed by atoms with Crippen molar-refractivity contribution in [2.75, 3.05) is 0 Å². The predicted molar refractivity (Wildman–Crippen MR) is 73.4 cm³/mol. The molecule has 0 saturated heterocycles. The Balaban J connectivity index is 2.41. The van der Waals surface area contributed by atoms with Crippen LogP contribution in [0.3, 0.4) is 0 Å². The van der Waals surface area contributed by atoms with Crippen molar-refractivity contribution in [2.45, 2.75) is 23.9 Å². The number of benzene rings is 2. The summed E-state index contributed by atoms with van der Waals surface area (Å²) in [5.74, 6) is -19.5. The Morgan fingerprint density at radius 2 is 0.923 bits per heavy atom. The maximum Gasteiger partial charge on any atom is 0.460 e. The number of phenolic OH excluding ortho intramolecular Hbond substituents is 1. The Morgan fingerprint density at radius 3 is 1.31 bits per heavy atom. The van der Waals surface area contributed by atoms with E-state index in [9.17, 15) is 39.5 Å². The highest BCUT2D eigenvalue weighted by Crippen LogP contribution is 2.56. The molecule has 0 bridgehead atoms. The molecular formula is C16H9F9O. The Kier molecular flexibility index (Phi) is 4.67. The quantitative estimate of drug-likeness (QED) is 0.639. The lowest BCUT2D eigenvalue weighted by Gasteiger charge is -2.33. The largest absolute Gasteiger partial charge is 0.508 e. The van der Waals surface area contributed by atoms with Crippen molar-refractivity contribution in [1.29, 1.82) is 0 Å². The van der Waals surface area contributed by atoms with Crippen LogP contribution < -0.4 is 0 Å². The standard InChI is InChI=1S/C16H9F9O/c17-13(18,14(19,20)15(21,22)16(23,24)25)11-5-1-9(2-6-11)10-3-7-12(26)8-4-10/h1-8,26H. The van der Waals surface area contributed by atoms with E-state index in [-0.39, 0.29) is 11.3 Å². The van der Waals surface area contributed by atoms with Crippen LogP contribution in [0.15, 0.2) is 48.5 Å². The highest BCUT2D eigenvalue weighted by Gasteiger charge is 2.81. The summed E-state index contributed by atoms with van der Waals surface area (Å²) in [4.78, 5) is 0. The van der Waals surface area contributed by atoms with Gasteiger partial charge in [-0.2, -0.15) is 39.5 Å². The summed E-state index contributed by atoms with van der Waals surface area (Å²) in [5.41, 5.74) is -1.14. The second-order valence-corrected chi connectivity index (χ2v) is 5.35. The van der Waals surface area contributed by atoms with Gasteiger partial charge in [0.25, 0.3) is 0 Å². The molecule has 26 heavy (non-hydrogen) atoms. The molecule has 0 atom stereocenters. The maximum absolute atomic E-state index is 13.8. The van der Waals surface area contributed by atoms with Crippen molar-refractivity contribution in [3.63, 3.8) is 0 Å². The van der Waals surface area contributed by atoms with Gasteiger partial charge in [0.2, 0.25) is 0 Å². The summed E-state index contributed by atoms with van der Waals surface area (Å²) < 4.78 is 116. The van der Waals surface area contributed by atoms with E-state index >= 15 is 0 Å². The third-order valence-corrected chi connectivity index (χ3v) is 3.59. The van der Waals surface area contributed by atoms with Crippen LogP contribution >= 0.6 is 0 Å². The molecule has 0 aliphatic heterocycles. The van der Waals surface area contributed by atoms with Crippen molar-refractivity contribution in [2.24, 2.45) is 0 Å². The van der Waals surface area contributed by atoms with Crippen LogP contribution in [0.4, 0.5) is 39.5 Å². The normalized spacial score (nSPS) is 13.7. The summed E-state index contributed by atoms with van der Waals surface area (Å²) in [6.07, 6.45) is -6.86. The third-order valence-electron chi connectivity index (χ3n) is 3.59. The second kappa shape index (κ2) is 6.10. The second-order valence-electron chi connectivity index (χ2n) is 5.35. The SMILES string of the molecule is Oc1ccc(-c2ccc(C(F)(F)C(F)(F)C(F)(F)C(F)(F)F)cc2)cc1. The van der Waals surface area contributed by atoms with E-state index < -0.39 is 29.5 Å². The van der Waals surface area contributed by atoms with Gasteiger partial charge in [0.1, 0.15) is 5.75 Å². The molecule has 0 amide bonds. The molecule has 0 fully saturated rings. The summed E-state index contributed by atoms with van der Waals surface area (Å²) >= 11 is 0. The molecule has 10 heteroatoms. The lowest BCUT2D eigenvalue weighted by molar-refractivity contribution is -0.399. The topological polar surface area (TPSA) is 20.2 Å². The van der Waals surface area contributed by atoms with Crippen LogP contribution in [0.25, 0.3) is 11.1 Å². The van der Waals surface area contributed by atoms with E-state index in [1.165, 1.54) is 24.3 Å². The van der Waals surface area contributed by atoms with Gasteiger partial charge in [-0.25, -0.2) is 0 Å². The highest BCUT2D eigenvalue weighted by molar-refractivity contribution is 5.64. The first-order chi connectivity index (χ1) is 11.7. The number of phenols is 1. The van der Waals surface area contributed by atoms with E-state index in [1.54, 1.807) is 0 Å². The zero-order chi connectivity index (χ0) is 20.0. The van der Waals surface area contributed by atoms with Crippen LogP contribution in [-0.2, 0) is 5.92 Å². The van der Waals surface area contributed by atoms with Crippen molar-refractivity contribution in [3.8, 4) is 16.9 Å². The van der Waals surface area contributed by atoms with Crippen LogP contribution in [-0.4, -0.2) is 23.1 Å². The van der Waals surface area contributed by atoms with Crippen LogP contribution in [0.2, 0.25) is 0 Å². The molecule has 0 heterocycles. The summed E-state index contributed by atoms with van der Waals surface area (Å²) in [7, 11) is 0. The number of hydrogen-bond donors (Lipinski definition) is 1. The number of alkyl halides is 9. The zero-order valence-electron chi connectivity index (χ0n) is 12.5. The summed E-state index contributed by atoms with van der Waals surface area (Å²) in [6.45, 7) is 0. The van der Waals surface area contributed by atoms with Gasteiger partial charge in [-0.15, -0.1) is 0 Å². The highest BCUT2D eigenvalue weighted by atomic mass is 19.4. The number of aromatic hydroxyl groups is 1. The number of halogens is 9. The number of hydrogen-bond acceptors (Lipinski definition) is 1. The van der Waals surface area contributed by atoms with E-state index in [1.807, 2.05) is 0 Å². The molecule has 0 aliphatic rings. The minimum atomic E-state index is -6.93. The van der Waals surface area contributed by atoms with Crippen molar-refractivity contribution in [1.82, 2.24) is 0 Å². The van der Waals surface area contributed by atoms with E-state index in [0.717, 1.165) is 12.1 Å². The van der Waals surface area contributed by atoms with Gasteiger partial charge in [-0.05, 0) is 23.3 Å². The molecule has 2 rings (SSSR count). The minimum absolute atomic E-state index is 0.106. The minimum Gasteiger partial charge on any atom is -0.508 e. The monoisotopic (exact) mass is 388 g/mol. The molecule has 0 spiro atoms. The molecule has 0 aromatic heterocycles. The maximum atomic E-state index is 13.8. The molecule has 142 valence electrons. The fraction of sp³-hybridized carbons (Fsp3) is 0.250. The fourth-order valence-electron chi connectivity index (χ4n) is 2.08. The Hall–Kier alpha value is -2.39.